The Hall–Kier alpha value is -2.02. The molecule has 1 fully saturated rings. The third-order valence-corrected chi connectivity index (χ3v) is 6.16. The second-order valence-electron chi connectivity index (χ2n) is 6.45. The molecular formula is C16H19N3O3S. The van der Waals surface area contributed by atoms with Crippen molar-refractivity contribution in [3.63, 3.8) is 0 Å². The predicted octanol–water partition coefficient (Wildman–Crippen LogP) is 1.55. The van der Waals surface area contributed by atoms with E-state index in [4.69, 9.17) is 0 Å². The smallest absolute Gasteiger partial charge is 0.251 e. The first kappa shape index (κ1) is 15.9. The van der Waals surface area contributed by atoms with Crippen LogP contribution in [-0.4, -0.2) is 41.3 Å². The molecule has 1 aliphatic rings. The number of nitrogens with zero attached hydrogens (tertiary/aromatic N) is 2. The first-order chi connectivity index (χ1) is 10.7. The Kier molecular flexibility index (Phi) is 3.63. The van der Waals surface area contributed by atoms with Gasteiger partial charge in [-0.25, -0.2) is 18.4 Å². The number of benzene rings is 1. The molecule has 0 bridgehead atoms. The number of aromatic nitrogens is 2. The molecule has 0 spiro atoms. The van der Waals surface area contributed by atoms with E-state index in [9.17, 15) is 13.2 Å². The summed E-state index contributed by atoms with van der Waals surface area (Å²) < 4.78 is 23.3. The molecule has 2 heterocycles. The molecule has 1 N–H and O–H groups in total. The lowest BCUT2D eigenvalue weighted by Crippen LogP contribution is -2.46. The normalized spacial score (nSPS) is 23.1. The fourth-order valence-electron chi connectivity index (χ4n) is 2.83. The molecule has 1 saturated heterocycles. The molecule has 1 aliphatic heterocycles. The van der Waals surface area contributed by atoms with Gasteiger partial charge in [0.05, 0.1) is 39.5 Å². The van der Waals surface area contributed by atoms with Gasteiger partial charge >= 0.3 is 0 Å². The van der Waals surface area contributed by atoms with Gasteiger partial charge in [0.25, 0.3) is 5.91 Å². The van der Waals surface area contributed by atoms with Crippen molar-refractivity contribution < 1.29 is 13.2 Å². The zero-order valence-corrected chi connectivity index (χ0v) is 14.2. The van der Waals surface area contributed by atoms with Gasteiger partial charge < -0.3 is 5.32 Å². The van der Waals surface area contributed by atoms with E-state index in [-0.39, 0.29) is 17.4 Å². The fourth-order valence-corrected chi connectivity index (χ4v) is 4.92. The maximum atomic E-state index is 12.5. The highest BCUT2D eigenvalue weighted by Gasteiger charge is 2.39. The van der Waals surface area contributed by atoms with Crippen LogP contribution in [0, 0.1) is 13.8 Å². The average molecular weight is 333 g/mol. The van der Waals surface area contributed by atoms with Crippen molar-refractivity contribution in [2.45, 2.75) is 32.7 Å². The molecule has 3 rings (SSSR count). The van der Waals surface area contributed by atoms with Crippen LogP contribution < -0.4 is 5.32 Å². The Morgan fingerprint density at radius 2 is 1.83 bits per heavy atom. The first-order valence-electron chi connectivity index (χ1n) is 7.45. The highest BCUT2D eigenvalue weighted by Crippen LogP contribution is 2.23. The molecule has 1 atom stereocenters. The SMILES string of the molecule is Cc1nc2ccc(C(=O)N[C@@]3(C)CCS(=O)(=O)C3)cc2nc1C. The van der Waals surface area contributed by atoms with Crippen LogP contribution in [0.25, 0.3) is 11.0 Å². The number of amides is 1. The number of carbonyl (C=O) groups is 1. The van der Waals surface area contributed by atoms with E-state index in [2.05, 4.69) is 15.3 Å². The van der Waals surface area contributed by atoms with Crippen LogP contribution in [0.2, 0.25) is 0 Å². The van der Waals surface area contributed by atoms with Crippen molar-refractivity contribution >= 4 is 26.8 Å². The van der Waals surface area contributed by atoms with Crippen molar-refractivity contribution in [1.82, 2.24) is 15.3 Å². The van der Waals surface area contributed by atoms with Crippen molar-refractivity contribution in [1.29, 1.82) is 0 Å². The molecule has 0 unspecified atom stereocenters. The Morgan fingerprint density at radius 3 is 2.43 bits per heavy atom. The van der Waals surface area contributed by atoms with E-state index in [1.54, 1.807) is 25.1 Å². The second kappa shape index (κ2) is 5.26. The van der Waals surface area contributed by atoms with Gasteiger partial charge in [-0.3, -0.25) is 4.79 Å². The summed E-state index contributed by atoms with van der Waals surface area (Å²) in [5.74, 6) is -0.186. The zero-order valence-electron chi connectivity index (χ0n) is 13.4. The molecule has 1 aromatic heterocycles. The van der Waals surface area contributed by atoms with Crippen LogP contribution in [0.4, 0.5) is 0 Å². The Labute approximate surface area is 135 Å². The Bertz CT molecular complexity index is 908. The summed E-state index contributed by atoms with van der Waals surface area (Å²) in [5.41, 5.74) is 2.83. The molecule has 122 valence electrons. The Morgan fingerprint density at radius 1 is 1.17 bits per heavy atom. The highest BCUT2D eigenvalue weighted by molar-refractivity contribution is 7.91. The molecular weight excluding hydrogens is 314 g/mol. The molecule has 6 nitrogen and oxygen atoms in total. The molecule has 0 radical (unpaired) electrons. The number of sulfone groups is 1. The summed E-state index contributed by atoms with van der Waals surface area (Å²) >= 11 is 0. The second-order valence-corrected chi connectivity index (χ2v) is 8.64. The van der Waals surface area contributed by atoms with E-state index in [0.717, 1.165) is 16.9 Å². The van der Waals surface area contributed by atoms with Gasteiger partial charge in [0.15, 0.2) is 9.84 Å². The van der Waals surface area contributed by atoms with E-state index in [1.165, 1.54) is 0 Å². The number of nitrogens with one attached hydrogen (secondary N) is 1. The maximum Gasteiger partial charge on any atom is 0.251 e. The zero-order chi connectivity index (χ0) is 16.8. The van der Waals surface area contributed by atoms with Gasteiger partial charge in [0, 0.05) is 5.56 Å². The summed E-state index contributed by atoms with van der Waals surface area (Å²) in [6, 6.07) is 5.14. The monoisotopic (exact) mass is 333 g/mol. The lowest BCUT2D eigenvalue weighted by atomic mass is 10.0. The number of rotatable bonds is 2. The summed E-state index contributed by atoms with van der Waals surface area (Å²) in [6.07, 6.45) is 0.437. The van der Waals surface area contributed by atoms with Crippen LogP contribution in [0.1, 0.15) is 35.1 Å². The minimum absolute atomic E-state index is 0.0164. The van der Waals surface area contributed by atoms with E-state index in [1.807, 2.05) is 13.8 Å². The number of hydrogen-bond acceptors (Lipinski definition) is 5. The summed E-state index contributed by atoms with van der Waals surface area (Å²) in [4.78, 5) is 21.3. The van der Waals surface area contributed by atoms with Gasteiger partial charge in [0.2, 0.25) is 0 Å². The quantitative estimate of drug-likeness (QED) is 0.901. The van der Waals surface area contributed by atoms with Gasteiger partial charge in [-0.15, -0.1) is 0 Å². The van der Waals surface area contributed by atoms with E-state index in [0.29, 0.717) is 17.5 Å². The molecule has 1 amide bonds. The molecule has 1 aromatic carbocycles. The molecule has 23 heavy (non-hydrogen) atoms. The highest BCUT2D eigenvalue weighted by atomic mass is 32.2. The number of hydrogen-bond donors (Lipinski definition) is 1. The van der Waals surface area contributed by atoms with Crippen molar-refractivity contribution in [3.8, 4) is 0 Å². The van der Waals surface area contributed by atoms with Gasteiger partial charge in [-0.05, 0) is 45.4 Å². The van der Waals surface area contributed by atoms with Crippen LogP contribution in [0.15, 0.2) is 18.2 Å². The standard InChI is InChI=1S/C16H19N3O3S/c1-10-11(2)18-14-8-12(4-5-13(14)17-10)15(20)19-16(3)6-7-23(21,22)9-16/h4-5,8H,6-7,9H2,1-3H3,(H,19,20)/t16-/m0/s1. The number of carbonyl (C=O) groups excluding carboxylic acids is 1. The molecule has 0 aliphatic carbocycles. The van der Waals surface area contributed by atoms with Crippen LogP contribution in [0.5, 0.6) is 0 Å². The summed E-state index contributed by atoms with van der Waals surface area (Å²) in [6.45, 7) is 5.53. The number of aryl methyl sites for hydroxylation is 2. The Balaban J connectivity index is 1.88. The molecule has 7 heteroatoms. The van der Waals surface area contributed by atoms with Crippen molar-refractivity contribution in [3.05, 3.63) is 35.2 Å². The summed E-state index contributed by atoms with van der Waals surface area (Å²) in [7, 11) is -3.06. The lowest BCUT2D eigenvalue weighted by molar-refractivity contribution is 0.0915. The van der Waals surface area contributed by atoms with Crippen molar-refractivity contribution in [2.24, 2.45) is 0 Å². The van der Waals surface area contributed by atoms with Crippen molar-refractivity contribution in [2.75, 3.05) is 11.5 Å². The third kappa shape index (κ3) is 3.19. The summed E-state index contributed by atoms with van der Waals surface area (Å²) in [5, 5.41) is 2.85. The maximum absolute atomic E-state index is 12.5. The van der Waals surface area contributed by atoms with Crippen LogP contribution in [0.3, 0.4) is 0 Å². The fraction of sp³-hybridized carbons (Fsp3) is 0.438. The van der Waals surface area contributed by atoms with Crippen LogP contribution in [-0.2, 0) is 9.84 Å². The van der Waals surface area contributed by atoms with E-state index >= 15 is 0 Å². The van der Waals surface area contributed by atoms with E-state index < -0.39 is 15.4 Å². The minimum atomic E-state index is -3.06. The largest absolute Gasteiger partial charge is 0.346 e. The van der Waals surface area contributed by atoms with Crippen LogP contribution >= 0.6 is 0 Å². The molecule has 0 saturated carbocycles. The minimum Gasteiger partial charge on any atom is -0.346 e. The van der Waals surface area contributed by atoms with Gasteiger partial charge in [-0.1, -0.05) is 0 Å². The average Bonchev–Trinajstić information content (AvgIpc) is 2.73. The number of fused-ring (bicyclic) bond motifs is 1. The molecule has 2 aromatic rings. The third-order valence-electron chi connectivity index (χ3n) is 4.26. The topological polar surface area (TPSA) is 89.0 Å². The predicted molar refractivity (Wildman–Crippen MR) is 88.2 cm³/mol. The van der Waals surface area contributed by atoms with Gasteiger partial charge in [0.1, 0.15) is 0 Å². The lowest BCUT2D eigenvalue weighted by Gasteiger charge is -2.23. The first-order valence-corrected chi connectivity index (χ1v) is 9.28. The van der Waals surface area contributed by atoms with Gasteiger partial charge in [-0.2, -0.15) is 0 Å².